The predicted octanol–water partition coefficient (Wildman–Crippen LogP) is 4.33. The molecular formula is C20H21N3. The van der Waals surface area contributed by atoms with E-state index in [1.165, 1.54) is 27.9 Å². The Morgan fingerprint density at radius 2 is 1.96 bits per heavy atom. The molecule has 5 rings (SSSR count). The zero-order valence-electron chi connectivity index (χ0n) is 14.1. The maximum Gasteiger partial charge on any atom is 0.154 e. The molecule has 2 aliphatic carbocycles. The van der Waals surface area contributed by atoms with Crippen molar-refractivity contribution in [2.24, 2.45) is 11.3 Å². The minimum atomic E-state index is 0.457. The molecule has 0 saturated heterocycles. The Morgan fingerprint density at radius 1 is 1.17 bits per heavy atom. The summed E-state index contributed by atoms with van der Waals surface area (Å²) < 4.78 is 2.10. The molecule has 2 aliphatic rings. The first kappa shape index (κ1) is 13.3. The van der Waals surface area contributed by atoms with E-state index in [-0.39, 0.29) is 0 Å². The highest BCUT2D eigenvalue weighted by Gasteiger charge is 2.63. The van der Waals surface area contributed by atoms with Crippen LogP contribution in [0.1, 0.15) is 42.3 Å². The van der Waals surface area contributed by atoms with Gasteiger partial charge < -0.3 is 0 Å². The number of benzene rings is 1. The number of para-hydroxylation sites is 1. The van der Waals surface area contributed by atoms with Crippen molar-refractivity contribution in [1.29, 1.82) is 0 Å². The fourth-order valence-electron chi connectivity index (χ4n) is 4.72. The summed E-state index contributed by atoms with van der Waals surface area (Å²) in [7, 11) is 0. The third-order valence-electron chi connectivity index (χ3n) is 6.11. The number of hydrogen-bond acceptors (Lipinski definition) is 2. The van der Waals surface area contributed by atoms with Gasteiger partial charge in [0.2, 0.25) is 0 Å². The molecule has 0 spiro atoms. The van der Waals surface area contributed by atoms with Crippen molar-refractivity contribution in [3.63, 3.8) is 0 Å². The summed E-state index contributed by atoms with van der Waals surface area (Å²) in [5, 5.41) is 6.07. The summed E-state index contributed by atoms with van der Waals surface area (Å²) in [5.41, 5.74) is 6.83. The van der Waals surface area contributed by atoms with Crippen LogP contribution in [0.15, 0.2) is 30.3 Å². The fourth-order valence-corrected chi connectivity index (χ4v) is 4.72. The van der Waals surface area contributed by atoms with Gasteiger partial charge in [-0.25, -0.2) is 9.67 Å². The van der Waals surface area contributed by atoms with Crippen LogP contribution >= 0.6 is 0 Å². The molecule has 3 nitrogen and oxygen atoms in total. The van der Waals surface area contributed by atoms with Crippen molar-refractivity contribution in [1.82, 2.24) is 14.8 Å². The molecule has 0 radical (unpaired) electrons. The second kappa shape index (κ2) is 4.02. The molecule has 0 N–H and O–H groups in total. The van der Waals surface area contributed by atoms with Crippen molar-refractivity contribution < 1.29 is 0 Å². The smallest absolute Gasteiger partial charge is 0.154 e. The van der Waals surface area contributed by atoms with E-state index >= 15 is 0 Å². The number of rotatable bonds is 1. The van der Waals surface area contributed by atoms with Gasteiger partial charge in [0.05, 0.1) is 16.9 Å². The van der Waals surface area contributed by atoms with E-state index in [0.717, 1.165) is 23.7 Å². The molecule has 0 amide bonds. The first-order valence-corrected chi connectivity index (χ1v) is 8.43. The maximum absolute atomic E-state index is 4.87. The van der Waals surface area contributed by atoms with Gasteiger partial charge in [-0.05, 0) is 55.2 Å². The first-order chi connectivity index (χ1) is 11.0. The van der Waals surface area contributed by atoms with Gasteiger partial charge in [-0.2, -0.15) is 5.10 Å². The minimum Gasteiger partial charge on any atom is -0.229 e. The molecule has 3 heteroatoms. The van der Waals surface area contributed by atoms with Crippen LogP contribution in [0.2, 0.25) is 0 Å². The lowest BCUT2D eigenvalue weighted by Gasteiger charge is -2.12. The summed E-state index contributed by atoms with van der Waals surface area (Å²) in [4.78, 5) is 4.87. The van der Waals surface area contributed by atoms with Gasteiger partial charge >= 0.3 is 0 Å². The molecule has 0 bridgehead atoms. The maximum atomic E-state index is 4.87. The van der Waals surface area contributed by atoms with Crippen LogP contribution < -0.4 is 0 Å². The molecule has 1 fully saturated rings. The van der Waals surface area contributed by atoms with E-state index in [1.54, 1.807) is 0 Å². The Labute approximate surface area is 136 Å². The molecule has 1 saturated carbocycles. The Bertz CT molecular complexity index is 964. The summed E-state index contributed by atoms with van der Waals surface area (Å²) in [6.45, 7) is 9.09. The van der Waals surface area contributed by atoms with Crippen LogP contribution in [-0.2, 0) is 6.42 Å². The first-order valence-electron chi connectivity index (χ1n) is 8.43. The summed E-state index contributed by atoms with van der Waals surface area (Å²) in [6.07, 6.45) is 1.14. The van der Waals surface area contributed by atoms with Gasteiger partial charge in [-0.1, -0.05) is 32.0 Å². The lowest BCUT2D eigenvalue weighted by Crippen LogP contribution is -2.08. The van der Waals surface area contributed by atoms with Gasteiger partial charge in [0.15, 0.2) is 5.82 Å². The SMILES string of the molecule is Cc1nn(-c2cc(C)c3ccccc3n2)c2c1[C@@H]1[C@H](C2)C1(C)C. The van der Waals surface area contributed by atoms with Crippen molar-refractivity contribution in [3.8, 4) is 5.82 Å². The molecular weight excluding hydrogens is 282 g/mol. The van der Waals surface area contributed by atoms with Crippen LogP contribution in [0.5, 0.6) is 0 Å². The van der Waals surface area contributed by atoms with Crippen molar-refractivity contribution in [2.75, 3.05) is 0 Å². The lowest BCUT2D eigenvalue weighted by atomic mass is 9.98. The predicted molar refractivity (Wildman–Crippen MR) is 92.1 cm³/mol. The van der Waals surface area contributed by atoms with E-state index in [0.29, 0.717) is 11.3 Å². The Morgan fingerprint density at radius 3 is 2.78 bits per heavy atom. The highest BCUT2D eigenvalue weighted by molar-refractivity contribution is 5.82. The van der Waals surface area contributed by atoms with Gasteiger partial charge in [0.1, 0.15) is 0 Å². The minimum absolute atomic E-state index is 0.457. The quantitative estimate of drug-likeness (QED) is 0.670. The van der Waals surface area contributed by atoms with Crippen molar-refractivity contribution >= 4 is 10.9 Å². The number of aromatic nitrogens is 3. The monoisotopic (exact) mass is 303 g/mol. The molecule has 0 unspecified atom stereocenters. The number of aryl methyl sites for hydroxylation is 2. The average molecular weight is 303 g/mol. The average Bonchev–Trinajstić information content (AvgIpc) is 2.87. The largest absolute Gasteiger partial charge is 0.229 e. The highest BCUT2D eigenvalue weighted by atomic mass is 15.3. The molecule has 1 aromatic carbocycles. The summed E-state index contributed by atoms with van der Waals surface area (Å²) in [6, 6.07) is 10.5. The fraction of sp³-hybridized carbons (Fsp3) is 0.400. The second-order valence-electron chi connectivity index (χ2n) is 7.78. The van der Waals surface area contributed by atoms with Gasteiger partial charge in [-0.15, -0.1) is 0 Å². The molecule has 23 heavy (non-hydrogen) atoms. The van der Waals surface area contributed by atoms with Crippen LogP contribution in [0.4, 0.5) is 0 Å². The highest BCUT2D eigenvalue weighted by Crippen LogP contribution is 2.70. The van der Waals surface area contributed by atoms with Crippen LogP contribution in [0.25, 0.3) is 16.7 Å². The Balaban J connectivity index is 1.70. The zero-order valence-corrected chi connectivity index (χ0v) is 14.1. The topological polar surface area (TPSA) is 30.7 Å². The number of fused-ring (bicyclic) bond motifs is 4. The summed E-state index contributed by atoms with van der Waals surface area (Å²) >= 11 is 0. The number of pyridine rings is 1. The Kier molecular flexibility index (Phi) is 2.33. The van der Waals surface area contributed by atoms with Crippen molar-refractivity contribution in [2.45, 2.75) is 40.0 Å². The van der Waals surface area contributed by atoms with Gasteiger partial charge in [-0.3, -0.25) is 0 Å². The molecule has 3 aromatic rings. The third-order valence-corrected chi connectivity index (χ3v) is 6.11. The summed E-state index contributed by atoms with van der Waals surface area (Å²) in [5.74, 6) is 2.46. The molecule has 0 aliphatic heterocycles. The van der Waals surface area contributed by atoms with E-state index < -0.39 is 0 Å². The van der Waals surface area contributed by atoms with Gasteiger partial charge in [0, 0.05) is 10.9 Å². The standard InChI is InChI=1S/C20H21N3/c1-11-9-17(21-15-8-6-5-7-13(11)15)23-16-10-14-19(20(14,3)4)18(16)12(2)22-23/h5-9,14,19H,10H2,1-4H3/t14-,19-/m0/s1. The lowest BCUT2D eigenvalue weighted by molar-refractivity contribution is 0.532. The molecule has 2 atom stereocenters. The van der Waals surface area contributed by atoms with Crippen LogP contribution in [0.3, 0.4) is 0 Å². The third kappa shape index (κ3) is 1.60. The second-order valence-corrected chi connectivity index (χ2v) is 7.78. The van der Waals surface area contributed by atoms with Crippen LogP contribution in [-0.4, -0.2) is 14.8 Å². The zero-order chi connectivity index (χ0) is 15.9. The van der Waals surface area contributed by atoms with Gasteiger partial charge in [0.25, 0.3) is 0 Å². The molecule has 116 valence electrons. The normalized spacial score (nSPS) is 23.8. The van der Waals surface area contributed by atoms with Crippen LogP contribution in [0, 0.1) is 25.2 Å². The van der Waals surface area contributed by atoms with E-state index in [9.17, 15) is 0 Å². The van der Waals surface area contributed by atoms with Crippen molar-refractivity contribution in [3.05, 3.63) is 52.8 Å². The van der Waals surface area contributed by atoms with E-state index in [4.69, 9.17) is 10.1 Å². The molecule has 2 heterocycles. The number of nitrogens with zero attached hydrogens (tertiary/aromatic N) is 3. The Hall–Kier alpha value is -2.16. The number of hydrogen-bond donors (Lipinski definition) is 0. The molecule has 2 aromatic heterocycles. The van der Waals surface area contributed by atoms with E-state index in [2.05, 4.69) is 62.7 Å². The van der Waals surface area contributed by atoms with E-state index in [1.807, 2.05) is 0 Å².